The van der Waals surface area contributed by atoms with Crippen LogP contribution in [0.25, 0.3) is 0 Å². The first-order valence-corrected chi connectivity index (χ1v) is 7.92. The number of hydrogen-bond donors (Lipinski definition) is 1. The minimum atomic E-state index is -0.0681. The summed E-state index contributed by atoms with van der Waals surface area (Å²) in [5.41, 5.74) is 1.94. The summed E-state index contributed by atoms with van der Waals surface area (Å²) in [6.07, 6.45) is 4.88. The van der Waals surface area contributed by atoms with E-state index < -0.39 is 0 Å². The SMILES string of the molecule is CC1CCN(c2cccc(F)c2CNC2CC2)C(C)C1. The normalized spacial score (nSPS) is 26.9. The van der Waals surface area contributed by atoms with E-state index in [2.05, 4.69) is 30.1 Å². The maximum Gasteiger partial charge on any atom is 0.129 e. The van der Waals surface area contributed by atoms with Gasteiger partial charge in [0.05, 0.1) is 0 Å². The number of nitrogens with one attached hydrogen (secondary N) is 1. The van der Waals surface area contributed by atoms with Gasteiger partial charge in [-0.05, 0) is 50.7 Å². The Balaban J connectivity index is 1.81. The molecule has 1 aromatic rings. The van der Waals surface area contributed by atoms with Crippen molar-refractivity contribution in [1.82, 2.24) is 5.32 Å². The lowest BCUT2D eigenvalue weighted by Gasteiger charge is -2.39. The monoisotopic (exact) mass is 276 g/mol. The predicted molar refractivity (Wildman–Crippen MR) is 81.5 cm³/mol. The Morgan fingerprint density at radius 1 is 1.25 bits per heavy atom. The van der Waals surface area contributed by atoms with E-state index in [0.717, 1.165) is 23.7 Å². The van der Waals surface area contributed by atoms with E-state index >= 15 is 0 Å². The van der Waals surface area contributed by atoms with Crippen LogP contribution in [0.5, 0.6) is 0 Å². The van der Waals surface area contributed by atoms with E-state index in [9.17, 15) is 4.39 Å². The number of piperidine rings is 1. The molecule has 2 unspecified atom stereocenters. The van der Waals surface area contributed by atoms with Gasteiger partial charge < -0.3 is 10.2 Å². The molecule has 20 heavy (non-hydrogen) atoms. The Morgan fingerprint density at radius 3 is 2.75 bits per heavy atom. The summed E-state index contributed by atoms with van der Waals surface area (Å²) in [5.74, 6) is 0.712. The fourth-order valence-corrected chi connectivity index (χ4v) is 3.29. The third kappa shape index (κ3) is 2.98. The zero-order chi connectivity index (χ0) is 14.1. The van der Waals surface area contributed by atoms with E-state index in [1.165, 1.54) is 25.7 Å². The quantitative estimate of drug-likeness (QED) is 0.902. The molecular weight excluding hydrogens is 251 g/mol. The van der Waals surface area contributed by atoms with Gasteiger partial charge in [-0.2, -0.15) is 0 Å². The van der Waals surface area contributed by atoms with Gasteiger partial charge in [-0.15, -0.1) is 0 Å². The minimum Gasteiger partial charge on any atom is -0.368 e. The summed E-state index contributed by atoms with van der Waals surface area (Å²) in [6, 6.07) is 6.63. The molecule has 2 aliphatic rings. The highest BCUT2D eigenvalue weighted by atomic mass is 19.1. The van der Waals surface area contributed by atoms with Gasteiger partial charge in [0.1, 0.15) is 5.82 Å². The largest absolute Gasteiger partial charge is 0.368 e. The molecule has 2 fully saturated rings. The summed E-state index contributed by atoms with van der Waals surface area (Å²) in [6.45, 7) is 6.28. The zero-order valence-corrected chi connectivity index (χ0v) is 12.5. The smallest absolute Gasteiger partial charge is 0.129 e. The second kappa shape index (κ2) is 5.72. The lowest BCUT2D eigenvalue weighted by Crippen LogP contribution is -2.41. The highest BCUT2D eigenvalue weighted by Gasteiger charge is 2.26. The first-order valence-electron chi connectivity index (χ1n) is 7.92. The molecule has 0 spiro atoms. The highest BCUT2D eigenvalue weighted by Crippen LogP contribution is 2.32. The van der Waals surface area contributed by atoms with E-state index in [0.29, 0.717) is 18.6 Å². The molecule has 1 saturated carbocycles. The van der Waals surface area contributed by atoms with Crippen LogP contribution in [0.3, 0.4) is 0 Å². The van der Waals surface area contributed by atoms with Gasteiger partial charge in [0.2, 0.25) is 0 Å². The molecule has 2 nitrogen and oxygen atoms in total. The van der Waals surface area contributed by atoms with Gasteiger partial charge in [-0.1, -0.05) is 13.0 Å². The molecule has 1 N–H and O–H groups in total. The Hall–Kier alpha value is -1.09. The van der Waals surface area contributed by atoms with E-state index in [4.69, 9.17) is 0 Å². The molecule has 2 atom stereocenters. The standard InChI is InChI=1S/C17H25FN2/c1-12-8-9-20(13(2)10-12)17-5-3-4-16(18)15(17)11-19-14-6-7-14/h3-5,12-14,19H,6-11H2,1-2H3. The van der Waals surface area contributed by atoms with E-state index in [1.54, 1.807) is 6.07 Å². The van der Waals surface area contributed by atoms with Gasteiger partial charge in [0.25, 0.3) is 0 Å². The van der Waals surface area contributed by atoms with Crippen molar-refractivity contribution in [1.29, 1.82) is 0 Å². The van der Waals surface area contributed by atoms with Crippen LogP contribution in [0.1, 0.15) is 45.1 Å². The second-order valence-corrected chi connectivity index (χ2v) is 6.56. The molecule has 1 aromatic carbocycles. The molecular formula is C17H25FN2. The van der Waals surface area contributed by atoms with Crippen LogP contribution in [0.15, 0.2) is 18.2 Å². The van der Waals surface area contributed by atoms with Gasteiger partial charge >= 0.3 is 0 Å². The maximum atomic E-state index is 14.2. The average molecular weight is 276 g/mol. The van der Waals surface area contributed by atoms with Crippen molar-refractivity contribution >= 4 is 5.69 Å². The maximum absolute atomic E-state index is 14.2. The Bertz CT molecular complexity index is 470. The van der Waals surface area contributed by atoms with Crippen LogP contribution in [0.4, 0.5) is 10.1 Å². The molecule has 1 saturated heterocycles. The summed E-state index contributed by atoms with van der Waals surface area (Å²) < 4.78 is 14.2. The zero-order valence-electron chi connectivity index (χ0n) is 12.5. The minimum absolute atomic E-state index is 0.0681. The molecule has 1 heterocycles. The lowest BCUT2D eigenvalue weighted by molar-refractivity contribution is 0.376. The number of nitrogens with zero attached hydrogens (tertiary/aromatic N) is 1. The summed E-state index contributed by atoms with van der Waals surface area (Å²) >= 11 is 0. The molecule has 1 aliphatic carbocycles. The number of benzene rings is 1. The number of rotatable bonds is 4. The van der Waals surface area contributed by atoms with Crippen molar-refractivity contribution in [2.24, 2.45) is 5.92 Å². The Labute approximate surface area is 121 Å². The van der Waals surface area contributed by atoms with Gasteiger partial charge in [-0.3, -0.25) is 0 Å². The van der Waals surface area contributed by atoms with Crippen LogP contribution in [0, 0.1) is 11.7 Å². The molecule has 3 rings (SSSR count). The van der Waals surface area contributed by atoms with Crippen LogP contribution < -0.4 is 10.2 Å². The molecule has 0 aromatic heterocycles. The third-order valence-corrected chi connectivity index (χ3v) is 4.69. The lowest BCUT2D eigenvalue weighted by atomic mass is 9.92. The first-order chi connectivity index (χ1) is 9.65. The Kier molecular flexibility index (Phi) is 3.97. The molecule has 3 heteroatoms. The molecule has 110 valence electrons. The van der Waals surface area contributed by atoms with E-state index in [1.807, 2.05) is 6.07 Å². The third-order valence-electron chi connectivity index (χ3n) is 4.69. The predicted octanol–water partition coefficient (Wildman–Crippen LogP) is 3.70. The average Bonchev–Trinajstić information content (AvgIpc) is 3.21. The highest BCUT2D eigenvalue weighted by molar-refractivity contribution is 5.55. The number of halogens is 1. The summed E-state index contributed by atoms with van der Waals surface area (Å²) in [4.78, 5) is 2.40. The van der Waals surface area contributed by atoms with E-state index in [-0.39, 0.29) is 5.82 Å². The van der Waals surface area contributed by atoms with Gasteiger partial charge in [-0.25, -0.2) is 4.39 Å². The molecule has 0 amide bonds. The summed E-state index contributed by atoms with van der Waals surface area (Å²) in [7, 11) is 0. The first kappa shape index (κ1) is 13.9. The van der Waals surface area contributed by atoms with Crippen LogP contribution >= 0.6 is 0 Å². The van der Waals surface area contributed by atoms with Crippen molar-refractivity contribution in [2.45, 2.75) is 58.2 Å². The topological polar surface area (TPSA) is 15.3 Å². The van der Waals surface area contributed by atoms with Crippen molar-refractivity contribution in [3.05, 3.63) is 29.6 Å². The number of hydrogen-bond acceptors (Lipinski definition) is 2. The van der Waals surface area contributed by atoms with Gasteiger partial charge in [0.15, 0.2) is 0 Å². The fraction of sp³-hybridized carbons (Fsp3) is 0.647. The summed E-state index contributed by atoms with van der Waals surface area (Å²) in [5, 5.41) is 3.45. The molecule has 0 bridgehead atoms. The van der Waals surface area contributed by atoms with Crippen LogP contribution in [-0.2, 0) is 6.54 Å². The van der Waals surface area contributed by atoms with Crippen molar-refractivity contribution in [3.8, 4) is 0 Å². The molecule has 1 aliphatic heterocycles. The van der Waals surface area contributed by atoms with Gasteiger partial charge in [0, 0.05) is 36.4 Å². The second-order valence-electron chi connectivity index (χ2n) is 6.56. The Morgan fingerprint density at radius 2 is 2.05 bits per heavy atom. The molecule has 0 radical (unpaired) electrons. The fourth-order valence-electron chi connectivity index (χ4n) is 3.29. The van der Waals surface area contributed by atoms with Crippen molar-refractivity contribution in [3.63, 3.8) is 0 Å². The van der Waals surface area contributed by atoms with Crippen molar-refractivity contribution < 1.29 is 4.39 Å². The number of anilines is 1. The van der Waals surface area contributed by atoms with Crippen LogP contribution in [-0.4, -0.2) is 18.6 Å². The van der Waals surface area contributed by atoms with Crippen molar-refractivity contribution in [2.75, 3.05) is 11.4 Å². The van der Waals surface area contributed by atoms with Crippen LogP contribution in [0.2, 0.25) is 0 Å².